The maximum Gasteiger partial charge on any atom is 0.309 e. The van der Waals surface area contributed by atoms with E-state index in [4.69, 9.17) is 0 Å². The van der Waals surface area contributed by atoms with Crippen molar-refractivity contribution in [3.63, 3.8) is 0 Å². The molecule has 3 N–H and O–H groups in total. The Kier molecular flexibility index (Phi) is 7.39. The second-order valence-electron chi connectivity index (χ2n) is 8.16. The number of nitrogens with zero attached hydrogens (tertiary/aromatic N) is 2. The van der Waals surface area contributed by atoms with Gasteiger partial charge in [0.15, 0.2) is 0 Å². The van der Waals surface area contributed by atoms with E-state index in [1.165, 1.54) is 25.1 Å². The van der Waals surface area contributed by atoms with Crippen molar-refractivity contribution in [2.75, 3.05) is 27.2 Å². The topological polar surface area (TPSA) is 162 Å². The molecular weight excluding hydrogens is 446 g/mol. The fourth-order valence-electron chi connectivity index (χ4n) is 3.64. The van der Waals surface area contributed by atoms with E-state index in [9.17, 15) is 33.6 Å². The third kappa shape index (κ3) is 5.27. The summed E-state index contributed by atoms with van der Waals surface area (Å²) in [7, 11) is 3.06. The fraction of sp³-hybridized carbons (Fsp3) is 0.409. The van der Waals surface area contributed by atoms with E-state index in [0.29, 0.717) is 12.8 Å². The molecule has 12 nitrogen and oxygen atoms in total. The van der Waals surface area contributed by atoms with Gasteiger partial charge >= 0.3 is 11.8 Å². The van der Waals surface area contributed by atoms with Crippen LogP contribution >= 0.6 is 0 Å². The summed E-state index contributed by atoms with van der Waals surface area (Å²) in [6.07, 6.45) is 1.03. The number of nitrogens with one attached hydrogen (secondary N) is 3. The van der Waals surface area contributed by atoms with Crippen LogP contribution in [-0.2, 0) is 30.4 Å². The van der Waals surface area contributed by atoms with Crippen LogP contribution in [-0.4, -0.2) is 84.4 Å². The molecule has 0 aromatic heterocycles. The van der Waals surface area contributed by atoms with Gasteiger partial charge in [-0.2, -0.15) is 0 Å². The lowest BCUT2D eigenvalue weighted by atomic mass is 10.0. The molecule has 12 heteroatoms. The van der Waals surface area contributed by atoms with Crippen molar-refractivity contribution in [1.29, 1.82) is 0 Å². The van der Waals surface area contributed by atoms with Crippen molar-refractivity contribution in [2.24, 2.45) is 0 Å². The summed E-state index contributed by atoms with van der Waals surface area (Å²) in [6, 6.07) is 3.75. The van der Waals surface area contributed by atoms with Crippen LogP contribution in [0.25, 0.3) is 0 Å². The molecule has 0 aliphatic carbocycles. The zero-order valence-electron chi connectivity index (χ0n) is 18.8. The van der Waals surface area contributed by atoms with Gasteiger partial charge in [-0.05, 0) is 37.0 Å². The Hall–Kier alpha value is -4.09. The van der Waals surface area contributed by atoms with Gasteiger partial charge in [-0.25, -0.2) is 0 Å². The van der Waals surface area contributed by atoms with Crippen molar-refractivity contribution in [3.05, 3.63) is 34.9 Å². The monoisotopic (exact) mass is 471 g/mol. The Morgan fingerprint density at radius 3 is 2.38 bits per heavy atom. The van der Waals surface area contributed by atoms with Gasteiger partial charge < -0.3 is 15.5 Å². The van der Waals surface area contributed by atoms with Crippen LogP contribution in [0.3, 0.4) is 0 Å². The second-order valence-corrected chi connectivity index (χ2v) is 8.16. The van der Waals surface area contributed by atoms with Gasteiger partial charge in [0.2, 0.25) is 17.7 Å². The third-order valence-corrected chi connectivity index (χ3v) is 5.54. The molecule has 1 aromatic rings. The first-order valence-electron chi connectivity index (χ1n) is 10.7. The van der Waals surface area contributed by atoms with Crippen LogP contribution in [0, 0.1) is 0 Å². The summed E-state index contributed by atoms with van der Waals surface area (Å²) < 4.78 is 0. The molecular formula is C22H25N5O7. The molecule has 3 rings (SSSR count). The molecule has 2 heterocycles. The summed E-state index contributed by atoms with van der Waals surface area (Å²) >= 11 is 0. The summed E-state index contributed by atoms with van der Waals surface area (Å²) in [5, 5.41) is 6.84. The number of likely N-dealkylation sites (N-methyl/N-ethyl adjacent to an activating group) is 1. The molecule has 2 aliphatic heterocycles. The molecule has 0 spiro atoms. The number of benzene rings is 1. The first-order valence-corrected chi connectivity index (χ1v) is 10.7. The fourth-order valence-corrected chi connectivity index (χ4v) is 3.64. The average Bonchev–Trinajstić information content (AvgIpc) is 3.04. The van der Waals surface area contributed by atoms with Crippen molar-refractivity contribution >= 4 is 41.4 Å². The number of hydrogen-bond acceptors (Lipinski definition) is 7. The molecule has 1 saturated heterocycles. The minimum atomic E-state index is -1.03. The predicted molar refractivity (Wildman–Crippen MR) is 116 cm³/mol. The summed E-state index contributed by atoms with van der Waals surface area (Å²) in [4.78, 5) is 86.2. The highest BCUT2D eigenvalue weighted by Crippen LogP contribution is 2.28. The number of carbonyl (C=O) groups is 7. The molecule has 1 atom stereocenters. The lowest BCUT2D eigenvalue weighted by molar-refractivity contribution is -0.140. The first-order chi connectivity index (χ1) is 16.1. The van der Waals surface area contributed by atoms with Crippen molar-refractivity contribution in [3.8, 4) is 0 Å². The van der Waals surface area contributed by atoms with Crippen LogP contribution in [0.1, 0.15) is 45.5 Å². The highest BCUT2D eigenvalue weighted by atomic mass is 16.2. The van der Waals surface area contributed by atoms with Crippen molar-refractivity contribution < 1.29 is 33.6 Å². The van der Waals surface area contributed by atoms with Gasteiger partial charge in [0.1, 0.15) is 6.04 Å². The van der Waals surface area contributed by atoms with E-state index in [1.807, 2.05) is 0 Å². The van der Waals surface area contributed by atoms with E-state index < -0.39 is 41.5 Å². The lowest BCUT2D eigenvalue weighted by Crippen LogP contribution is -2.54. The molecule has 34 heavy (non-hydrogen) atoms. The molecule has 1 fully saturated rings. The maximum absolute atomic E-state index is 12.8. The number of piperidine rings is 1. The Labute approximate surface area is 195 Å². The zero-order valence-corrected chi connectivity index (χ0v) is 18.8. The smallest absolute Gasteiger partial charge is 0.309 e. The standard InChI is InChI=1S/C22H25N5O7/c1-26(2)17(29)11-24-20(32)19(31)23-9-3-4-12-5-6-13-14(10-12)22(34)27(21(13)33)15-7-8-16(28)25-18(15)30/h5-6,10,15H,3-4,7-9,11H2,1-2H3,(H,23,31)(H,24,32)(H,25,28,30). The number of carbonyl (C=O) groups excluding carboxylic acids is 7. The molecule has 2 aliphatic rings. The third-order valence-electron chi connectivity index (χ3n) is 5.54. The van der Waals surface area contributed by atoms with Gasteiger partial charge in [-0.3, -0.25) is 43.8 Å². The lowest BCUT2D eigenvalue weighted by Gasteiger charge is -2.27. The minimum absolute atomic E-state index is 0.0464. The SMILES string of the molecule is CN(C)C(=O)CNC(=O)C(=O)NCCCc1ccc2c(c1)C(=O)N(C1CCC(=O)NC1=O)C2=O. The number of imide groups is 2. The first kappa shape index (κ1) is 24.6. The Balaban J connectivity index is 1.52. The Morgan fingerprint density at radius 1 is 1.03 bits per heavy atom. The molecule has 1 unspecified atom stereocenters. The molecule has 0 saturated carbocycles. The Morgan fingerprint density at radius 2 is 1.71 bits per heavy atom. The van der Waals surface area contributed by atoms with E-state index in [0.717, 1.165) is 10.5 Å². The van der Waals surface area contributed by atoms with E-state index in [-0.39, 0.29) is 43.0 Å². The number of amides is 7. The average molecular weight is 471 g/mol. The summed E-state index contributed by atoms with van der Waals surface area (Å²) in [5.74, 6) is -4.39. The zero-order chi connectivity index (χ0) is 25.0. The van der Waals surface area contributed by atoms with Crippen LogP contribution < -0.4 is 16.0 Å². The predicted octanol–water partition coefficient (Wildman–Crippen LogP) is -1.66. The normalized spacial score (nSPS) is 17.2. The van der Waals surface area contributed by atoms with Crippen LogP contribution in [0.15, 0.2) is 18.2 Å². The number of hydrogen-bond donors (Lipinski definition) is 3. The molecule has 180 valence electrons. The largest absolute Gasteiger partial charge is 0.348 e. The quantitative estimate of drug-likeness (QED) is 0.244. The second kappa shape index (κ2) is 10.2. The maximum atomic E-state index is 12.8. The summed E-state index contributed by atoms with van der Waals surface area (Å²) in [5.41, 5.74) is 1.11. The van der Waals surface area contributed by atoms with Gasteiger partial charge in [-0.1, -0.05) is 6.07 Å². The molecule has 1 aromatic carbocycles. The number of fused-ring (bicyclic) bond motifs is 1. The highest BCUT2D eigenvalue weighted by Gasteiger charge is 2.44. The van der Waals surface area contributed by atoms with Crippen LogP contribution in [0.4, 0.5) is 0 Å². The molecule has 0 radical (unpaired) electrons. The minimum Gasteiger partial charge on any atom is -0.348 e. The highest BCUT2D eigenvalue weighted by molar-refractivity contribution is 6.35. The molecule has 0 bridgehead atoms. The molecule has 7 amide bonds. The van der Waals surface area contributed by atoms with Gasteiger partial charge in [0, 0.05) is 27.1 Å². The Bertz CT molecular complexity index is 1080. The van der Waals surface area contributed by atoms with Crippen molar-refractivity contribution in [1.82, 2.24) is 25.8 Å². The van der Waals surface area contributed by atoms with E-state index >= 15 is 0 Å². The van der Waals surface area contributed by atoms with E-state index in [2.05, 4.69) is 16.0 Å². The van der Waals surface area contributed by atoms with Gasteiger partial charge in [-0.15, -0.1) is 0 Å². The summed E-state index contributed by atoms with van der Waals surface area (Å²) in [6.45, 7) is -0.1000. The number of aryl methyl sites for hydroxylation is 1. The van der Waals surface area contributed by atoms with Crippen LogP contribution in [0.5, 0.6) is 0 Å². The van der Waals surface area contributed by atoms with Crippen molar-refractivity contribution in [2.45, 2.75) is 31.7 Å². The van der Waals surface area contributed by atoms with Gasteiger partial charge in [0.05, 0.1) is 17.7 Å². The number of rotatable bonds is 7. The van der Waals surface area contributed by atoms with E-state index in [1.54, 1.807) is 12.1 Å². The van der Waals surface area contributed by atoms with Gasteiger partial charge in [0.25, 0.3) is 11.8 Å². The van der Waals surface area contributed by atoms with Crippen LogP contribution in [0.2, 0.25) is 0 Å².